The van der Waals surface area contributed by atoms with Crippen molar-refractivity contribution < 1.29 is 4.40 Å². The van der Waals surface area contributed by atoms with Gasteiger partial charge in [0, 0.05) is 23.8 Å². The van der Waals surface area contributed by atoms with E-state index in [9.17, 15) is 0 Å². The number of hydrogen-bond donors (Lipinski definition) is 0. The average molecular weight is 409 g/mol. The van der Waals surface area contributed by atoms with Crippen molar-refractivity contribution in [2.45, 2.75) is 0 Å². The van der Waals surface area contributed by atoms with E-state index in [1.807, 2.05) is 0 Å². The predicted octanol–water partition coefficient (Wildman–Crippen LogP) is 7.58. The molecule has 0 fully saturated rings. The molecule has 0 atom stereocenters. The van der Waals surface area contributed by atoms with Gasteiger partial charge in [0.15, 0.2) is 6.20 Å². The molecule has 0 N–H and O–H groups in total. The summed E-state index contributed by atoms with van der Waals surface area (Å²) in [5, 5.41) is 1.25. The van der Waals surface area contributed by atoms with Crippen LogP contribution in [0.4, 0.5) is 0 Å². The van der Waals surface area contributed by atoms with Crippen molar-refractivity contribution >= 4 is 16.4 Å². The smallest absolute Gasteiger partial charge is 0.159 e. The highest BCUT2D eigenvalue weighted by atomic mass is 14.9. The Balaban J connectivity index is 1.81. The van der Waals surface area contributed by atoms with Gasteiger partial charge in [-0.15, -0.1) is 0 Å². The van der Waals surface area contributed by atoms with Crippen LogP contribution in [0.15, 0.2) is 134 Å². The maximum Gasteiger partial charge on any atom is 0.220 e. The number of hydrogen-bond acceptors (Lipinski definition) is 0. The van der Waals surface area contributed by atoms with E-state index < -0.39 is 0 Å². The maximum atomic E-state index is 2.33. The Kier molecular flexibility index (Phi) is 4.51. The molecule has 0 unspecified atom stereocenters. The topological polar surface area (TPSA) is 4.10 Å². The van der Waals surface area contributed by atoms with Gasteiger partial charge in [-0.3, -0.25) is 0 Å². The van der Waals surface area contributed by atoms with Gasteiger partial charge < -0.3 is 0 Å². The normalized spacial score (nSPS) is 11.1. The molecule has 0 aliphatic heterocycles. The van der Waals surface area contributed by atoms with Crippen LogP contribution in [-0.4, -0.2) is 0 Å². The van der Waals surface area contributed by atoms with E-state index in [0.29, 0.717) is 0 Å². The second kappa shape index (κ2) is 7.79. The van der Waals surface area contributed by atoms with Crippen molar-refractivity contribution in [2.75, 3.05) is 0 Å². The van der Waals surface area contributed by atoms with E-state index >= 15 is 0 Å². The van der Waals surface area contributed by atoms with E-state index in [-0.39, 0.29) is 0 Å². The highest BCUT2D eigenvalue weighted by Crippen LogP contribution is 2.39. The number of pyridine rings is 2. The number of rotatable bonds is 3. The van der Waals surface area contributed by atoms with Crippen LogP contribution in [0, 0.1) is 0 Å². The third-order valence-corrected chi connectivity index (χ3v) is 6.13. The molecule has 0 aliphatic rings. The molecule has 32 heavy (non-hydrogen) atoms. The van der Waals surface area contributed by atoms with Gasteiger partial charge in [0.1, 0.15) is 0 Å². The Morgan fingerprint density at radius 1 is 0.375 bits per heavy atom. The summed E-state index contributed by atoms with van der Waals surface area (Å²) in [5.41, 5.74) is 9.84. The van der Waals surface area contributed by atoms with Gasteiger partial charge in [-0.1, -0.05) is 103 Å². The second-order valence-corrected chi connectivity index (χ2v) is 8.04. The monoisotopic (exact) mass is 408 g/mol. The van der Waals surface area contributed by atoms with Gasteiger partial charge in [-0.25, -0.2) is 0 Å². The molecule has 1 heteroatoms. The number of benzene rings is 4. The minimum absolute atomic E-state index is 1.20. The van der Waals surface area contributed by atoms with E-state index in [1.165, 1.54) is 49.8 Å². The van der Waals surface area contributed by atoms with Crippen molar-refractivity contribution in [2.24, 2.45) is 0 Å². The SMILES string of the molecule is c1ccc(-c2cc[n+]3c(c2)c(-c2ccccc2)c(-c2ccccc2)c2ccccc23)cc1. The number of nitrogens with zero attached hydrogens (tertiary/aromatic N) is 1. The lowest BCUT2D eigenvalue weighted by atomic mass is 9.90. The lowest BCUT2D eigenvalue weighted by Gasteiger charge is -2.14. The van der Waals surface area contributed by atoms with Crippen LogP contribution in [0.2, 0.25) is 0 Å². The molecule has 0 amide bonds. The van der Waals surface area contributed by atoms with Crippen molar-refractivity contribution in [3.05, 3.63) is 134 Å². The third kappa shape index (κ3) is 3.07. The molecule has 150 valence electrons. The van der Waals surface area contributed by atoms with Crippen molar-refractivity contribution in [1.82, 2.24) is 0 Å². The van der Waals surface area contributed by atoms with Crippen molar-refractivity contribution in [3.8, 4) is 33.4 Å². The summed E-state index contributed by atoms with van der Waals surface area (Å²) in [6.07, 6.45) is 2.21. The minimum atomic E-state index is 1.20. The summed E-state index contributed by atoms with van der Waals surface area (Å²) >= 11 is 0. The van der Waals surface area contributed by atoms with Crippen LogP contribution in [0.1, 0.15) is 0 Å². The Morgan fingerprint density at radius 3 is 1.56 bits per heavy atom. The predicted molar refractivity (Wildman–Crippen MR) is 133 cm³/mol. The summed E-state index contributed by atoms with van der Waals surface area (Å²) in [5.74, 6) is 0. The Morgan fingerprint density at radius 2 is 0.906 bits per heavy atom. The fourth-order valence-electron chi connectivity index (χ4n) is 4.67. The molecule has 2 aromatic heterocycles. The van der Waals surface area contributed by atoms with Gasteiger partial charge in [0.05, 0.1) is 10.9 Å². The van der Waals surface area contributed by atoms with Crippen LogP contribution >= 0.6 is 0 Å². The van der Waals surface area contributed by atoms with Gasteiger partial charge in [0.2, 0.25) is 11.0 Å². The van der Waals surface area contributed by atoms with Crippen LogP contribution in [0.25, 0.3) is 49.8 Å². The number of para-hydroxylation sites is 1. The summed E-state index contributed by atoms with van der Waals surface area (Å²) in [4.78, 5) is 0. The minimum Gasteiger partial charge on any atom is -0.159 e. The molecule has 2 heterocycles. The molecule has 4 aromatic carbocycles. The lowest BCUT2D eigenvalue weighted by molar-refractivity contribution is -0.481. The van der Waals surface area contributed by atoms with Gasteiger partial charge in [-0.05, 0) is 28.3 Å². The summed E-state index contributed by atoms with van der Waals surface area (Å²) in [6, 6.07) is 45.4. The van der Waals surface area contributed by atoms with Crippen LogP contribution in [-0.2, 0) is 0 Å². The Hall–Kier alpha value is -4.23. The lowest BCUT2D eigenvalue weighted by Crippen LogP contribution is -2.24. The summed E-state index contributed by atoms with van der Waals surface area (Å²) in [6.45, 7) is 0. The summed E-state index contributed by atoms with van der Waals surface area (Å²) in [7, 11) is 0. The fraction of sp³-hybridized carbons (Fsp3) is 0. The number of fused-ring (bicyclic) bond motifs is 3. The molecule has 1 nitrogen and oxygen atoms in total. The van der Waals surface area contributed by atoms with E-state index in [4.69, 9.17) is 0 Å². The average Bonchev–Trinajstić information content (AvgIpc) is 2.89. The van der Waals surface area contributed by atoms with Crippen molar-refractivity contribution in [1.29, 1.82) is 0 Å². The van der Waals surface area contributed by atoms with Gasteiger partial charge in [0.25, 0.3) is 0 Å². The molecular weight excluding hydrogens is 386 g/mol. The quantitative estimate of drug-likeness (QED) is 0.210. The molecule has 6 rings (SSSR count). The molecular formula is C31H22N+. The maximum absolute atomic E-state index is 2.33. The van der Waals surface area contributed by atoms with Gasteiger partial charge in [-0.2, -0.15) is 4.40 Å². The highest BCUT2D eigenvalue weighted by molar-refractivity contribution is 6.05. The first-order valence-corrected chi connectivity index (χ1v) is 11.0. The first-order chi connectivity index (χ1) is 15.9. The molecule has 0 bridgehead atoms. The highest BCUT2D eigenvalue weighted by Gasteiger charge is 2.23. The second-order valence-electron chi connectivity index (χ2n) is 8.04. The third-order valence-electron chi connectivity index (χ3n) is 6.13. The first kappa shape index (κ1) is 18.5. The van der Waals surface area contributed by atoms with Crippen LogP contribution in [0.5, 0.6) is 0 Å². The van der Waals surface area contributed by atoms with E-state index in [0.717, 1.165) is 0 Å². The zero-order valence-electron chi connectivity index (χ0n) is 17.6. The fourth-order valence-corrected chi connectivity index (χ4v) is 4.67. The molecule has 0 aliphatic carbocycles. The molecule has 0 spiro atoms. The van der Waals surface area contributed by atoms with Gasteiger partial charge >= 0.3 is 0 Å². The van der Waals surface area contributed by atoms with Crippen LogP contribution < -0.4 is 4.40 Å². The molecule has 0 radical (unpaired) electrons. The Labute approximate surface area is 187 Å². The molecule has 6 aromatic rings. The number of aromatic nitrogens is 1. The largest absolute Gasteiger partial charge is 0.220 e. The van der Waals surface area contributed by atoms with E-state index in [2.05, 4.69) is 138 Å². The zero-order chi connectivity index (χ0) is 21.3. The standard InChI is InChI=1S/C31H22N/c1-4-12-23(13-5-1)26-20-21-32-28-19-11-10-18-27(28)30(24-14-6-2-7-15-24)31(29(32)22-26)25-16-8-3-9-17-25/h1-22H/q+1. The summed E-state index contributed by atoms with van der Waals surface area (Å²) < 4.78 is 2.33. The first-order valence-electron chi connectivity index (χ1n) is 11.0. The van der Waals surface area contributed by atoms with Crippen LogP contribution in [0.3, 0.4) is 0 Å². The van der Waals surface area contributed by atoms with Crippen molar-refractivity contribution in [3.63, 3.8) is 0 Å². The van der Waals surface area contributed by atoms with E-state index in [1.54, 1.807) is 0 Å². The zero-order valence-corrected chi connectivity index (χ0v) is 17.6. The molecule has 0 saturated carbocycles. The Bertz CT molecular complexity index is 1540. The molecule has 0 saturated heterocycles.